The maximum atomic E-state index is 12.8. The topological polar surface area (TPSA) is 48.9 Å². The van der Waals surface area contributed by atoms with Crippen LogP contribution in [0.4, 0.5) is 5.82 Å². The monoisotopic (exact) mass is 358 g/mol. The lowest BCUT2D eigenvalue weighted by molar-refractivity contribution is -0.115. The largest absolute Gasteiger partial charge is 0.372 e. The number of carbonyl (C=O) groups excluding carboxylic acids is 1. The summed E-state index contributed by atoms with van der Waals surface area (Å²) in [6.45, 7) is 6.50. The maximum Gasteiger partial charge on any atom is 0.254 e. The summed E-state index contributed by atoms with van der Waals surface area (Å²) in [4.78, 5) is 24.0. The second-order valence-electron chi connectivity index (χ2n) is 8.01. The van der Waals surface area contributed by atoms with Gasteiger partial charge in [0.2, 0.25) is 0 Å². The predicted molar refractivity (Wildman–Crippen MR) is 102 cm³/mol. The number of piperidine rings is 2. The number of ether oxygens (including phenoxy) is 1. The number of amides is 1. The molecule has 0 bridgehead atoms. The highest BCUT2D eigenvalue weighted by atomic mass is 16.5. The molecule has 4 rings (SSSR count). The van der Waals surface area contributed by atoms with Crippen LogP contribution < -0.4 is 4.90 Å². The van der Waals surface area contributed by atoms with Gasteiger partial charge in [-0.15, -0.1) is 0 Å². The number of likely N-dealkylation sites (N-methyl/N-ethyl adjacent to an activating group) is 1. The normalized spacial score (nSPS) is 24.0. The molecular weight excluding hydrogens is 328 g/mol. The minimum absolute atomic E-state index is 0.00469. The van der Waals surface area contributed by atoms with Gasteiger partial charge < -0.3 is 19.4 Å². The van der Waals surface area contributed by atoms with Gasteiger partial charge in [-0.05, 0) is 51.3 Å². The average Bonchev–Trinajstić information content (AvgIpc) is 2.69. The zero-order chi connectivity index (χ0) is 18.0. The molecule has 6 nitrogen and oxygen atoms in total. The Balaban J connectivity index is 1.42. The Labute approximate surface area is 156 Å². The number of nitrogens with zero attached hydrogens (tertiary/aromatic N) is 4. The molecule has 1 spiro atoms. The van der Waals surface area contributed by atoms with Gasteiger partial charge in [-0.1, -0.05) is 0 Å². The molecule has 0 saturated carbocycles. The van der Waals surface area contributed by atoms with Gasteiger partial charge in [-0.3, -0.25) is 4.79 Å². The summed E-state index contributed by atoms with van der Waals surface area (Å²) >= 11 is 0. The van der Waals surface area contributed by atoms with Crippen LogP contribution in [0.25, 0.3) is 0 Å². The lowest BCUT2D eigenvalue weighted by Gasteiger charge is -2.46. The van der Waals surface area contributed by atoms with Crippen LogP contribution in [0.3, 0.4) is 0 Å². The van der Waals surface area contributed by atoms with Crippen molar-refractivity contribution < 1.29 is 9.53 Å². The van der Waals surface area contributed by atoms with Gasteiger partial charge in [0.15, 0.2) is 0 Å². The van der Waals surface area contributed by atoms with E-state index in [2.05, 4.69) is 21.8 Å². The smallest absolute Gasteiger partial charge is 0.254 e. The molecule has 6 heteroatoms. The molecule has 0 aliphatic carbocycles. The van der Waals surface area contributed by atoms with E-state index in [1.165, 1.54) is 6.42 Å². The fourth-order valence-electron chi connectivity index (χ4n) is 4.48. The second-order valence-corrected chi connectivity index (χ2v) is 8.01. The first-order valence-corrected chi connectivity index (χ1v) is 9.98. The molecule has 3 aliphatic rings. The summed E-state index contributed by atoms with van der Waals surface area (Å²) in [5.41, 5.74) is 0.774. The van der Waals surface area contributed by atoms with Crippen LogP contribution in [0.5, 0.6) is 0 Å². The van der Waals surface area contributed by atoms with Crippen LogP contribution >= 0.6 is 0 Å². The van der Waals surface area contributed by atoms with Crippen LogP contribution in [0.1, 0.15) is 42.5 Å². The molecule has 3 aliphatic heterocycles. The van der Waals surface area contributed by atoms with Crippen molar-refractivity contribution in [2.45, 2.75) is 37.7 Å². The number of likely N-dealkylation sites (tertiary alicyclic amines) is 1. The molecular formula is C20H30N4O2. The van der Waals surface area contributed by atoms with Crippen molar-refractivity contribution in [3.63, 3.8) is 0 Å². The highest BCUT2D eigenvalue weighted by Gasteiger charge is 2.39. The fourth-order valence-corrected chi connectivity index (χ4v) is 4.48. The first kappa shape index (κ1) is 17.7. The lowest BCUT2D eigenvalue weighted by atomic mass is 9.89. The van der Waals surface area contributed by atoms with Crippen molar-refractivity contribution >= 4 is 11.7 Å². The number of anilines is 1. The van der Waals surface area contributed by atoms with Crippen LogP contribution in [0.2, 0.25) is 0 Å². The minimum Gasteiger partial charge on any atom is -0.372 e. The molecule has 26 heavy (non-hydrogen) atoms. The Hall–Kier alpha value is -1.66. The van der Waals surface area contributed by atoms with E-state index in [9.17, 15) is 4.79 Å². The zero-order valence-electron chi connectivity index (χ0n) is 15.8. The Morgan fingerprint density at radius 3 is 2.62 bits per heavy atom. The number of carbonyl (C=O) groups is 1. The van der Waals surface area contributed by atoms with E-state index in [4.69, 9.17) is 4.74 Å². The van der Waals surface area contributed by atoms with Crippen molar-refractivity contribution in [2.75, 3.05) is 57.8 Å². The average molecular weight is 358 g/mol. The molecule has 3 saturated heterocycles. The third-order valence-electron chi connectivity index (χ3n) is 6.07. The van der Waals surface area contributed by atoms with E-state index in [1.54, 1.807) is 6.20 Å². The Morgan fingerprint density at radius 1 is 1.12 bits per heavy atom. The van der Waals surface area contributed by atoms with E-state index in [0.717, 1.165) is 82.9 Å². The van der Waals surface area contributed by atoms with Crippen molar-refractivity contribution in [1.82, 2.24) is 14.8 Å². The third-order valence-corrected chi connectivity index (χ3v) is 6.07. The second kappa shape index (κ2) is 7.53. The standard InChI is InChI=1S/C20H30N4O2/c1-22-13-14-26-20(16-22)6-11-23(12-7-20)18-15-17(5-8-21-18)19(25)24-9-3-2-4-10-24/h5,8,15H,2-4,6-7,9-14,16H2,1H3. The summed E-state index contributed by atoms with van der Waals surface area (Å²) in [5.74, 6) is 1.07. The van der Waals surface area contributed by atoms with Gasteiger partial charge in [0.25, 0.3) is 5.91 Å². The Kier molecular flexibility index (Phi) is 5.14. The van der Waals surface area contributed by atoms with Gasteiger partial charge in [0, 0.05) is 51.0 Å². The number of rotatable bonds is 2. The zero-order valence-corrected chi connectivity index (χ0v) is 15.8. The fraction of sp³-hybridized carbons (Fsp3) is 0.700. The van der Waals surface area contributed by atoms with Crippen LogP contribution in [-0.4, -0.2) is 79.2 Å². The lowest BCUT2D eigenvalue weighted by Crippen LogP contribution is -2.56. The molecule has 0 radical (unpaired) electrons. The summed E-state index contributed by atoms with van der Waals surface area (Å²) in [7, 11) is 2.17. The maximum absolute atomic E-state index is 12.8. The van der Waals surface area contributed by atoms with Crippen LogP contribution in [0, 0.1) is 0 Å². The molecule has 3 fully saturated rings. The Morgan fingerprint density at radius 2 is 1.88 bits per heavy atom. The van der Waals surface area contributed by atoms with Crippen molar-refractivity contribution in [2.24, 2.45) is 0 Å². The number of hydrogen-bond acceptors (Lipinski definition) is 5. The molecule has 0 N–H and O–H groups in total. The molecule has 1 aromatic heterocycles. The number of aromatic nitrogens is 1. The van der Waals surface area contributed by atoms with E-state index in [1.807, 2.05) is 17.0 Å². The van der Waals surface area contributed by atoms with Gasteiger partial charge in [0.05, 0.1) is 12.2 Å². The van der Waals surface area contributed by atoms with Gasteiger partial charge in [-0.2, -0.15) is 0 Å². The summed E-state index contributed by atoms with van der Waals surface area (Å²) in [6.07, 6.45) is 7.28. The summed E-state index contributed by atoms with van der Waals surface area (Å²) < 4.78 is 6.15. The predicted octanol–water partition coefficient (Wildman–Crippen LogP) is 2.01. The highest BCUT2D eigenvalue weighted by molar-refractivity contribution is 5.94. The van der Waals surface area contributed by atoms with E-state index in [0.29, 0.717) is 0 Å². The van der Waals surface area contributed by atoms with Crippen LogP contribution in [0.15, 0.2) is 18.3 Å². The molecule has 1 amide bonds. The van der Waals surface area contributed by atoms with Crippen molar-refractivity contribution in [3.05, 3.63) is 23.9 Å². The summed E-state index contributed by atoms with van der Waals surface area (Å²) in [5, 5.41) is 0. The van der Waals surface area contributed by atoms with Crippen molar-refractivity contribution in [1.29, 1.82) is 0 Å². The molecule has 1 aromatic rings. The first-order valence-electron chi connectivity index (χ1n) is 9.98. The van der Waals surface area contributed by atoms with E-state index in [-0.39, 0.29) is 11.5 Å². The van der Waals surface area contributed by atoms with E-state index < -0.39 is 0 Å². The Bertz CT molecular complexity index is 636. The molecule has 0 atom stereocenters. The van der Waals surface area contributed by atoms with E-state index >= 15 is 0 Å². The minimum atomic E-state index is 0.00469. The van der Waals surface area contributed by atoms with Crippen LogP contribution in [-0.2, 0) is 4.74 Å². The molecule has 142 valence electrons. The summed E-state index contributed by atoms with van der Waals surface area (Å²) in [6, 6.07) is 3.83. The number of pyridine rings is 1. The third kappa shape index (κ3) is 3.71. The number of hydrogen-bond donors (Lipinski definition) is 0. The van der Waals surface area contributed by atoms with Gasteiger partial charge >= 0.3 is 0 Å². The quantitative estimate of drug-likeness (QED) is 0.809. The molecule has 0 unspecified atom stereocenters. The van der Waals surface area contributed by atoms with Gasteiger partial charge in [-0.25, -0.2) is 4.98 Å². The molecule has 0 aromatic carbocycles. The first-order chi connectivity index (χ1) is 12.7. The highest BCUT2D eigenvalue weighted by Crippen LogP contribution is 2.31. The van der Waals surface area contributed by atoms with Crippen molar-refractivity contribution in [3.8, 4) is 0 Å². The molecule has 4 heterocycles. The van der Waals surface area contributed by atoms with Gasteiger partial charge in [0.1, 0.15) is 5.82 Å². The SMILES string of the molecule is CN1CCOC2(CCN(c3cc(C(=O)N4CCCCC4)ccn3)CC2)C1. The number of morpholine rings is 1.